The molecule has 138 valence electrons. The summed E-state index contributed by atoms with van der Waals surface area (Å²) in [6, 6.07) is 14.2. The number of benzene rings is 2. The third-order valence-corrected chi connectivity index (χ3v) is 4.51. The molecule has 0 radical (unpaired) electrons. The van der Waals surface area contributed by atoms with Gasteiger partial charge in [-0.1, -0.05) is 30.3 Å². The van der Waals surface area contributed by atoms with Crippen molar-refractivity contribution in [2.24, 2.45) is 0 Å². The lowest BCUT2D eigenvalue weighted by Crippen LogP contribution is -3.00. The molecule has 2 aromatic rings. The molecular weight excluding hydrogens is 340 g/mol. The maximum Gasteiger partial charge on any atom is 0.120 e. The molecule has 0 bridgehead atoms. The van der Waals surface area contributed by atoms with Gasteiger partial charge < -0.3 is 27.4 Å². The third kappa shape index (κ3) is 5.83. The Bertz CT molecular complexity index is 647. The predicted molar refractivity (Wildman–Crippen MR) is 95.4 cm³/mol. The maximum absolute atomic E-state index is 10.2. The van der Waals surface area contributed by atoms with Gasteiger partial charge in [-0.15, -0.1) is 0 Å². The van der Waals surface area contributed by atoms with Gasteiger partial charge in [0.2, 0.25) is 0 Å². The van der Waals surface area contributed by atoms with E-state index in [4.69, 9.17) is 9.84 Å². The maximum atomic E-state index is 10.2. The summed E-state index contributed by atoms with van der Waals surface area (Å²) in [4.78, 5) is 4.50. The van der Waals surface area contributed by atoms with Gasteiger partial charge in [0, 0.05) is 39.3 Å². The Morgan fingerprint density at radius 1 is 0.960 bits per heavy atom. The molecule has 25 heavy (non-hydrogen) atoms. The first-order chi connectivity index (χ1) is 11.7. The zero-order valence-electron chi connectivity index (χ0n) is 14.4. The van der Waals surface area contributed by atoms with E-state index in [-0.39, 0.29) is 19.0 Å². The highest BCUT2D eigenvalue weighted by atomic mass is 35.5. The fraction of sp³-hybridized carbons (Fsp3) is 0.474. The SMILES string of the molecule is OCCN1CCN(CC(O)COc2ccc3ccccc3c2)CC1.[Cl-]. The summed E-state index contributed by atoms with van der Waals surface area (Å²) in [5, 5.41) is 21.5. The average molecular weight is 366 g/mol. The second-order valence-electron chi connectivity index (χ2n) is 6.34. The largest absolute Gasteiger partial charge is 1.00 e. The summed E-state index contributed by atoms with van der Waals surface area (Å²) in [7, 11) is 0. The molecule has 1 heterocycles. The number of hydrogen-bond donors (Lipinski definition) is 2. The smallest absolute Gasteiger partial charge is 0.120 e. The summed E-state index contributed by atoms with van der Waals surface area (Å²) in [5.41, 5.74) is 0. The quantitative estimate of drug-likeness (QED) is 0.606. The van der Waals surface area contributed by atoms with Gasteiger partial charge in [0.1, 0.15) is 18.5 Å². The molecular formula is C19H26ClN2O3-. The van der Waals surface area contributed by atoms with Crippen molar-refractivity contribution in [2.75, 3.05) is 52.5 Å². The van der Waals surface area contributed by atoms with E-state index >= 15 is 0 Å². The number of halogens is 1. The van der Waals surface area contributed by atoms with E-state index in [0.29, 0.717) is 13.2 Å². The monoisotopic (exact) mass is 365 g/mol. The van der Waals surface area contributed by atoms with Crippen molar-refractivity contribution in [3.05, 3.63) is 42.5 Å². The van der Waals surface area contributed by atoms with Gasteiger partial charge in [-0.2, -0.15) is 0 Å². The van der Waals surface area contributed by atoms with Crippen molar-refractivity contribution < 1.29 is 27.4 Å². The van der Waals surface area contributed by atoms with Crippen molar-refractivity contribution >= 4 is 10.8 Å². The number of hydrogen-bond acceptors (Lipinski definition) is 5. The van der Waals surface area contributed by atoms with E-state index in [1.165, 1.54) is 5.39 Å². The van der Waals surface area contributed by atoms with Crippen LogP contribution in [0.25, 0.3) is 10.8 Å². The van der Waals surface area contributed by atoms with Crippen molar-refractivity contribution in [1.29, 1.82) is 0 Å². The standard InChI is InChI=1S/C19H26N2O3.ClH/c22-12-11-20-7-9-21(10-8-20)14-18(23)15-24-19-6-5-16-3-1-2-4-17(16)13-19;/h1-6,13,18,22-23H,7-12,14-15H2;1H/p-1. The topological polar surface area (TPSA) is 56.2 Å². The highest BCUT2D eigenvalue weighted by Crippen LogP contribution is 2.20. The molecule has 0 aromatic heterocycles. The number of rotatable bonds is 7. The van der Waals surface area contributed by atoms with E-state index in [1.807, 2.05) is 30.3 Å². The fourth-order valence-electron chi connectivity index (χ4n) is 3.14. The van der Waals surface area contributed by atoms with Crippen LogP contribution in [0.5, 0.6) is 5.75 Å². The molecule has 1 saturated heterocycles. The second-order valence-corrected chi connectivity index (χ2v) is 6.34. The summed E-state index contributed by atoms with van der Waals surface area (Å²) in [6.07, 6.45) is -0.499. The van der Waals surface area contributed by atoms with Crippen LogP contribution in [0.3, 0.4) is 0 Å². The number of aliphatic hydroxyl groups is 2. The molecule has 0 amide bonds. The number of aliphatic hydroxyl groups excluding tert-OH is 2. The van der Waals surface area contributed by atoms with Crippen LogP contribution in [0.4, 0.5) is 0 Å². The molecule has 0 aliphatic carbocycles. The zero-order chi connectivity index (χ0) is 16.8. The van der Waals surface area contributed by atoms with Crippen LogP contribution >= 0.6 is 0 Å². The summed E-state index contributed by atoms with van der Waals surface area (Å²) in [5.74, 6) is 0.792. The average Bonchev–Trinajstić information content (AvgIpc) is 2.62. The van der Waals surface area contributed by atoms with Gasteiger partial charge in [-0.25, -0.2) is 0 Å². The van der Waals surface area contributed by atoms with Gasteiger partial charge in [0.05, 0.1) is 6.61 Å². The lowest BCUT2D eigenvalue weighted by Gasteiger charge is -2.35. The van der Waals surface area contributed by atoms with Crippen molar-refractivity contribution in [3.63, 3.8) is 0 Å². The third-order valence-electron chi connectivity index (χ3n) is 4.51. The fourth-order valence-corrected chi connectivity index (χ4v) is 3.14. The Labute approximate surface area is 155 Å². The first-order valence-electron chi connectivity index (χ1n) is 8.60. The molecule has 1 aliphatic heterocycles. The summed E-state index contributed by atoms with van der Waals surface area (Å²) in [6.45, 7) is 5.61. The normalized spacial score (nSPS) is 17.2. The van der Waals surface area contributed by atoms with Crippen LogP contribution in [-0.4, -0.2) is 78.6 Å². The number of β-amino-alcohol motifs (C(OH)–C–C–N with tert-alkyl or cyclic N) is 2. The Morgan fingerprint density at radius 2 is 1.64 bits per heavy atom. The first-order valence-corrected chi connectivity index (χ1v) is 8.60. The molecule has 2 N–H and O–H groups in total. The Kier molecular flexibility index (Phi) is 7.93. The Balaban J connectivity index is 0.00000225. The van der Waals surface area contributed by atoms with E-state index in [1.54, 1.807) is 0 Å². The minimum atomic E-state index is -0.499. The molecule has 0 saturated carbocycles. The van der Waals surface area contributed by atoms with E-state index in [0.717, 1.165) is 43.9 Å². The number of fused-ring (bicyclic) bond motifs is 1. The highest BCUT2D eigenvalue weighted by molar-refractivity contribution is 5.83. The van der Waals surface area contributed by atoms with Gasteiger partial charge in [-0.05, 0) is 22.9 Å². The molecule has 1 fully saturated rings. The van der Waals surface area contributed by atoms with Crippen LogP contribution < -0.4 is 17.1 Å². The van der Waals surface area contributed by atoms with E-state index in [9.17, 15) is 5.11 Å². The molecule has 1 unspecified atom stereocenters. The number of piperazine rings is 1. The number of ether oxygens (including phenoxy) is 1. The summed E-state index contributed by atoms with van der Waals surface area (Å²) >= 11 is 0. The highest BCUT2D eigenvalue weighted by Gasteiger charge is 2.19. The molecule has 3 rings (SSSR count). The predicted octanol–water partition coefficient (Wildman–Crippen LogP) is -1.81. The van der Waals surface area contributed by atoms with Gasteiger partial charge >= 0.3 is 0 Å². The Hall–Kier alpha value is -1.37. The molecule has 0 spiro atoms. The lowest BCUT2D eigenvalue weighted by molar-refractivity contribution is -0.00000815. The van der Waals surface area contributed by atoms with Crippen LogP contribution in [-0.2, 0) is 0 Å². The molecule has 2 aromatic carbocycles. The van der Waals surface area contributed by atoms with E-state index in [2.05, 4.69) is 21.9 Å². The lowest BCUT2D eigenvalue weighted by atomic mass is 10.1. The minimum absolute atomic E-state index is 0. The van der Waals surface area contributed by atoms with Gasteiger partial charge in [0.15, 0.2) is 0 Å². The van der Waals surface area contributed by atoms with E-state index < -0.39 is 6.10 Å². The van der Waals surface area contributed by atoms with Crippen LogP contribution in [0.1, 0.15) is 0 Å². The van der Waals surface area contributed by atoms with Gasteiger partial charge in [-0.3, -0.25) is 9.80 Å². The van der Waals surface area contributed by atoms with Crippen molar-refractivity contribution in [3.8, 4) is 5.75 Å². The second kappa shape index (κ2) is 9.94. The van der Waals surface area contributed by atoms with Crippen molar-refractivity contribution in [2.45, 2.75) is 6.10 Å². The first kappa shape index (κ1) is 19.9. The van der Waals surface area contributed by atoms with Crippen LogP contribution in [0.2, 0.25) is 0 Å². The molecule has 6 heteroatoms. The van der Waals surface area contributed by atoms with Crippen LogP contribution in [0.15, 0.2) is 42.5 Å². The van der Waals surface area contributed by atoms with Crippen molar-refractivity contribution in [1.82, 2.24) is 9.80 Å². The molecule has 5 nitrogen and oxygen atoms in total. The van der Waals surface area contributed by atoms with Gasteiger partial charge in [0.25, 0.3) is 0 Å². The molecule has 1 aliphatic rings. The minimum Gasteiger partial charge on any atom is -1.00 e. The summed E-state index contributed by atoms with van der Waals surface area (Å²) < 4.78 is 5.76. The molecule has 1 atom stereocenters. The van der Waals surface area contributed by atoms with Crippen LogP contribution in [0, 0.1) is 0 Å². The zero-order valence-corrected chi connectivity index (χ0v) is 15.1. The number of nitrogens with zero attached hydrogens (tertiary/aromatic N) is 2. The Morgan fingerprint density at radius 3 is 2.36 bits per heavy atom.